The Morgan fingerprint density at radius 1 is 1.35 bits per heavy atom. The molecule has 8 nitrogen and oxygen atoms in total. The van der Waals surface area contributed by atoms with Crippen molar-refractivity contribution in [3.63, 3.8) is 0 Å². The number of nitrogens with zero attached hydrogens (tertiary/aromatic N) is 4. The lowest BCUT2D eigenvalue weighted by Gasteiger charge is -1.99. The number of hydrogen-bond donors (Lipinski definition) is 1. The summed E-state index contributed by atoms with van der Waals surface area (Å²) < 4.78 is 7.34. The molecule has 0 saturated heterocycles. The van der Waals surface area contributed by atoms with Gasteiger partial charge >= 0.3 is 11.7 Å². The molecule has 0 radical (unpaired) electrons. The van der Waals surface area contributed by atoms with Crippen molar-refractivity contribution < 1.29 is 9.53 Å². The zero-order valence-electron chi connectivity index (χ0n) is 14.2. The summed E-state index contributed by atoms with van der Waals surface area (Å²) in [7, 11) is 1.28. The number of benzene rings is 1. The van der Waals surface area contributed by atoms with Crippen LogP contribution in [0.4, 0.5) is 0 Å². The van der Waals surface area contributed by atoms with E-state index in [-0.39, 0.29) is 11.3 Å². The molecule has 0 amide bonds. The summed E-state index contributed by atoms with van der Waals surface area (Å²) in [5.41, 5.74) is 6.07. The van der Waals surface area contributed by atoms with Crippen molar-refractivity contribution in [2.24, 2.45) is 10.7 Å². The van der Waals surface area contributed by atoms with Gasteiger partial charge in [0.1, 0.15) is 6.33 Å². The van der Waals surface area contributed by atoms with Crippen LogP contribution in [-0.2, 0) is 16.1 Å². The van der Waals surface area contributed by atoms with Crippen LogP contribution < -0.4 is 11.4 Å². The van der Waals surface area contributed by atoms with E-state index in [0.717, 1.165) is 11.9 Å². The topological polar surface area (TPSA) is 104 Å². The van der Waals surface area contributed by atoms with Crippen LogP contribution in [0.15, 0.2) is 76.4 Å². The van der Waals surface area contributed by atoms with Crippen LogP contribution in [0.3, 0.4) is 0 Å². The van der Waals surface area contributed by atoms with E-state index in [1.54, 1.807) is 6.08 Å². The first-order valence-corrected chi connectivity index (χ1v) is 7.70. The highest BCUT2D eigenvalue weighted by Crippen LogP contribution is 2.02. The van der Waals surface area contributed by atoms with Crippen LogP contribution in [0.1, 0.15) is 5.56 Å². The summed E-state index contributed by atoms with van der Waals surface area (Å²) >= 11 is 0. The fraction of sp³-hybridized carbons (Fsp3) is 0.111. The summed E-state index contributed by atoms with van der Waals surface area (Å²) in [5, 5.41) is 4.08. The zero-order chi connectivity index (χ0) is 18.8. The number of carbonyl (C=O) groups is 1. The van der Waals surface area contributed by atoms with Crippen molar-refractivity contribution in [1.29, 1.82) is 0 Å². The van der Waals surface area contributed by atoms with Crippen LogP contribution in [0.25, 0.3) is 6.20 Å². The van der Waals surface area contributed by atoms with Gasteiger partial charge in [0.25, 0.3) is 0 Å². The van der Waals surface area contributed by atoms with Gasteiger partial charge in [0.15, 0.2) is 0 Å². The second-order valence-corrected chi connectivity index (χ2v) is 5.03. The van der Waals surface area contributed by atoms with Crippen LogP contribution in [-0.4, -0.2) is 33.8 Å². The number of carbonyl (C=O) groups excluding carboxylic acids is 1. The molecular weight excluding hydrogens is 334 g/mol. The molecule has 1 aromatic heterocycles. The molecule has 0 aliphatic heterocycles. The minimum atomic E-state index is -0.537. The molecule has 2 N–H and O–H groups in total. The summed E-state index contributed by atoms with van der Waals surface area (Å²) in [6.07, 6.45) is 9.85. The molecule has 0 aliphatic rings. The minimum absolute atomic E-state index is 0.249. The number of allylic oxidation sites excluding steroid dienone is 2. The molecule has 2 rings (SSSR count). The smallest absolute Gasteiger partial charge is 0.350 e. The monoisotopic (exact) mass is 353 g/mol. The Bertz CT molecular complexity index is 904. The molecule has 0 aliphatic carbocycles. The highest BCUT2D eigenvalue weighted by atomic mass is 16.5. The maximum Gasteiger partial charge on any atom is 0.350 e. The van der Waals surface area contributed by atoms with Gasteiger partial charge in [-0.2, -0.15) is 5.10 Å². The largest absolute Gasteiger partial charge is 0.465 e. The standard InChI is InChI=1S/C18H19N5O3/c1-26-17(24)16(9-10-20-13-19)8-5-11-22-14-21-23(18(22)25)12-15-6-3-2-4-7-15/h2-11,13-14H,12H2,1H3,(H2,19,20)/b10-9+,11-5+,16-8+. The van der Waals surface area contributed by atoms with Gasteiger partial charge in [0.05, 0.1) is 25.6 Å². The lowest BCUT2D eigenvalue weighted by molar-refractivity contribution is -0.135. The van der Waals surface area contributed by atoms with Gasteiger partial charge in [-0.05, 0) is 23.8 Å². The highest BCUT2D eigenvalue weighted by molar-refractivity contribution is 5.91. The molecule has 0 unspecified atom stereocenters. The molecule has 134 valence electrons. The maximum atomic E-state index is 12.3. The van der Waals surface area contributed by atoms with E-state index in [1.807, 2.05) is 30.3 Å². The Morgan fingerprint density at radius 3 is 2.81 bits per heavy atom. The average molecular weight is 353 g/mol. The molecule has 0 bridgehead atoms. The number of esters is 1. The third-order valence-electron chi connectivity index (χ3n) is 3.30. The van der Waals surface area contributed by atoms with Gasteiger partial charge in [-0.15, -0.1) is 0 Å². The van der Waals surface area contributed by atoms with E-state index in [2.05, 4.69) is 14.8 Å². The van der Waals surface area contributed by atoms with E-state index in [0.29, 0.717) is 6.54 Å². The fourth-order valence-electron chi connectivity index (χ4n) is 2.04. The van der Waals surface area contributed by atoms with Gasteiger partial charge in [0, 0.05) is 12.4 Å². The number of methoxy groups -OCH3 is 1. The predicted molar refractivity (Wildman–Crippen MR) is 99.3 cm³/mol. The zero-order valence-corrected chi connectivity index (χ0v) is 14.2. The van der Waals surface area contributed by atoms with E-state index < -0.39 is 5.97 Å². The molecule has 8 heteroatoms. The lowest BCUT2D eigenvalue weighted by atomic mass is 10.2. The quantitative estimate of drug-likeness (QED) is 0.264. The van der Waals surface area contributed by atoms with Crippen LogP contribution in [0, 0.1) is 0 Å². The number of rotatable bonds is 7. The Balaban J connectivity index is 2.16. The fourth-order valence-corrected chi connectivity index (χ4v) is 2.04. The van der Waals surface area contributed by atoms with Crippen molar-refractivity contribution in [1.82, 2.24) is 14.3 Å². The summed E-state index contributed by atoms with van der Waals surface area (Å²) in [4.78, 5) is 27.7. The second-order valence-electron chi connectivity index (χ2n) is 5.03. The number of aromatic nitrogens is 3. The molecule has 0 spiro atoms. The normalized spacial score (nSPS) is 12.4. The first kappa shape index (κ1) is 18.7. The van der Waals surface area contributed by atoms with Crippen molar-refractivity contribution in [3.8, 4) is 0 Å². The van der Waals surface area contributed by atoms with Crippen LogP contribution in [0.5, 0.6) is 0 Å². The Labute approximate surface area is 150 Å². The molecule has 2 aromatic rings. The summed E-state index contributed by atoms with van der Waals surface area (Å²) in [6, 6.07) is 9.55. The van der Waals surface area contributed by atoms with E-state index in [1.165, 1.54) is 47.2 Å². The molecule has 0 atom stereocenters. The Hall–Kier alpha value is -3.68. The average Bonchev–Trinajstić information content (AvgIpc) is 3.00. The molecule has 1 heterocycles. The molecule has 0 fully saturated rings. The van der Waals surface area contributed by atoms with Crippen molar-refractivity contribution in [3.05, 3.63) is 82.7 Å². The van der Waals surface area contributed by atoms with Gasteiger partial charge in [0.2, 0.25) is 0 Å². The third-order valence-corrected chi connectivity index (χ3v) is 3.30. The summed E-state index contributed by atoms with van der Waals surface area (Å²) in [5.74, 6) is -0.537. The maximum absolute atomic E-state index is 12.3. The van der Waals surface area contributed by atoms with Crippen LogP contribution in [0.2, 0.25) is 0 Å². The SMILES string of the molecule is COC(=O)C(/C=C/N=CN)=C/C=C/n1cnn(Cc2ccccc2)c1=O. The first-order valence-electron chi connectivity index (χ1n) is 7.70. The highest BCUT2D eigenvalue weighted by Gasteiger charge is 2.05. The number of hydrogen-bond acceptors (Lipinski definition) is 5. The minimum Gasteiger partial charge on any atom is -0.465 e. The summed E-state index contributed by atoms with van der Waals surface area (Å²) in [6.45, 7) is 0.379. The van der Waals surface area contributed by atoms with Gasteiger partial charge in [-0.3, -0.25) is 4.57 Å². The van der Waals surface area contributed by atoms with Crippen LogP contribution >= 0.6 is 0 Å². The van der Waals surface area contributed by atoms with E-state index in [4.69, 9.17) is 5.73 Å². The van der Waals surface area contributed by atoms with Crippen molar-refractivity contribution in [2.45, 2.75) is 6.54 Å². The number of aliphatic imine (C=N–C) groups is 1. The molecule has 1 aromatic carbocycles. The van der Waals surface area contributed by atoms with E-state index in [9.17, 15) is 9.59 Å². The third kappa shape index (κ3) is 5.17. The van der Waals surface area contributed by atoms with Crippen molar-refractivity contribution in [2.75, 3.05) is 7.11 Å². The molecule has 0 saturated carbocycles. The lowest BCUT2D eigenvalue weighted by Crippen LogP contribution is -2.22. The Morgan fingerprint density at radius 2 is 2.12 bits per heavy atom. The number of ether oxygens (including phenoxy) is 1. The van der Waals surface area contributed by atoms with Crippen molar-refractivity contribution >= 4 is 18.5 Å². The second kappa shape index (κ2) is 9.58. The Kier molecular flexibility index (Phi) is 6.87. The predicted octanol–water partition coefficient (Wildman–Crippen LogP) is 1.16. The van der Waals surface area contributed by atoms with Gasteiger partial charge in [-0.1, -0.05) is 30.3 Å². The molecular formula is C18H19N5O3. The van der Waals surface area contributed by atoms with E-state index >= 15 is 0 Å². The molecule has 26 heavy (non-hydrogen) atoms. The van der Waals surface area contributed by atoms with Gasteiger partial charge < -0.3 is 10.5 Å². The first-order chi connectivity index (χ1) is 12.7. The number of nitrogens with two attached hydrogens (primary N) is 1. The van der Waals surface area contributed by atoms with Gasteiger partial charge in [-0.25, -0.2) is 19.3 Å².